The summed E-state index contributed by atoms with van der Waals surface area (Å²) in [5, 5.41) is 2.08. The molecule has 1 unspecified atom stereocenters. The number of carbonyl (C=O) groups excluding carboxylic acids is 1. The smallest absolute Gasteiger partial charge is 0.135 e. The minimum absolute atomic E-state index is 0.142. The molecule has 0 N–H and O–H groups in total. The fourth-order valence-corrected chi connectivity index (χ4v) is 2.34. The van der Waals surface area contributed by atoms with E-state index in [1.54, 1.807) is 18.4 Å². The highest BCUT2D eigenvalue weighted by molar-refractivity contribution is 7.09. The second-order valence-electron chi connectivity index (χ2n) is 4.08. The van der Waals surface area contributed by atoms with Crippen molar-refractivity contribution in [3.05, 3.63) is 22.4 Å². The van der Waals surface area contributed by atoms with Crippen molar-refractivity contribution in [1.29, 1.82) is 0 Å². The summed E-state index contributed by atoms with van der Waals surface area (Å²) in [6.45, 7) is 2.67. The van der Waals surface area contributed by atoms with Gasteiger partial charge in [-0.1, -0.05) is 13.0 Å². The number of hydrogen-bond donors (Lipinski definition) is 0. The molecule has 0 aliphatic rings. The van der Waals surface area contributed by atoms with Crippen molar-refractivity contribution in [2.75, 3.05) is 13.7 Å². The Labute approximate surface area is 102 Å². The maximum atomic E-state index is 11.7. The first-order chi connectivity index (χ1) is 7.74. The molecule has 0 fully saturated rings. The van der Waals surface area contributed by atoms with Crippen molar-refractivity contribution in [2.24, 2.45) is 5.92 Å². The van der Waals surface area contributed by atoms with Crippen molar-refractivity contribution < 1.29 is 9.53 Å². The van der Waals surface area contributed by atoms with Gasteiger partial charge in [0.05, 0.1) is 0 Å². The van der Waals surface area contributed by atoms with Crippen molar-refractivity contribution in [3.8, 4) is 0 Å². The lowest BCUT2D eigenvalue weighted by atomic mass is 9.98. The third-order valence-electron chi connectivity index (χ3n) is 2.73. The fourth-order valence-electron chi connectivity index (χ4n) is 1.59. The first-order valence-electron chi connectivity index (χ1n) is 5.78. The summed E-state index contributed by atoms with van der Waals surface area (Å²) >= 11 is 1.77. The summed E-state index contributed by atoms with van der Waals surface area (Å²) in [5.74, 6) is 0.511. The van der Waals surface area contributed by atoms with Gasteiger partial charge in [-0.15, -0.1) is 11.3 Å². The zero-order chi connectivity index (χ0) is 11.8. The molecule has 0 amide bonds. The first-order valence-corrected chi connectivity index (χ1v) is 6.66. The fraction of sp³-hybridized carbons (Fsp3) is 0.615. The quantitative estimate of drug-likeness (QED) is 0.697. The molecular formula is C13H20O2S. The minimum Gasteiger partial charge on any atom is -0.385 e. The average molecular weight is 240 g/mol. The van der Waals surface area contributed by atoms with Crippen LogP contribution in [-0.2, 0) is 16.0 Å². The molecule has 90 valence electrons. The van der Waals surface area contributed by atoms with Gasteiger partial charge in [-0.2, -0.15) is 0 Å². The molecule has 0 radical (unpaired) electrons. The summed E-state index contributed by atoms with van der Waals surface area (Å²) in [6, 6.07) is 4.19. The Bertz CT molecular complexity index is 293. The SMILES string of the molecule is COCCC(C)C(=O)CCCc1cccs1. The van der Waals surface area contributed by atoms with Crippen molar-refractivity contribution in [3.63, 3.8) is 0 Å². The average Bonchev–Trinajstić information content (AvgIpc) is 2.78. The van der Waals surface area contributed by atoms with Crippen molar-refractivity contribution in [1.82, 2.24) is 0 Å². The zero-order valence-electron chi connectivity index (χ0n) is 10.1. The largest absolute Gasteiger partial charge is 0.385 e. The van der Waals surface area contributed by atoms with Crippen LogP contribution in [0.15, 0.2) is 17.5 Å². The van der Waals surface area contributed by atoms with Crippen LogP contribution in [0.25, 0.3) is 0 Å². The van der Waals surface area contributed by atoms with Crippen LogP contribution >= 0.6 is 11.3 Å². The molecule has 3 heteroatoms. The van der Waals surface area contributed by atoms with Crippen molar-refractivity contribution >= 4 is 17.1 Å². The van der Waals surface area contributed by atoms with Gasteiger partial charge < -0.3 is 4.74 Å². The number of aryl methyl sites for hydroxylation is 1. The molecule has 1 aromatic heterocycles. The van der Waals surface area contributed by atoms with Crippen LogP contribution in [0.3, 0.4) is 0 Å². The first kappa shape index (κ1) is 13.4. The third kappa shape index (κ3) is 4.90. The topological polar surface area (TPSA) is 26.3 Å². The Morgan fingerprint density at radius 2 is 2.38 bits per heavy atom. The van der Waals surface area contributed by atoms with Crippen LogP contribution < -0.4 is 0 Å². The Hall–Kier alpha value is -0.670. The lowest BCUT2D eigenvalue weighted by molar-refractivity contribution is -0.122. The van der Waals surface area contributed by atoms with Gasteiger partial charge in [0.15, 0.2) is 0 Å². The van der Waals surface area contributed by atoms with Crippen LogP contribution in [0, 0.1) is 5.92 Å². The van der Waals surface area contributed by atoms with E-state index in [0.29, 0.717) is 18.8 Å². The summed E-state index contributed by atoms with van der Waals surface area (Å²) in [6.07, 6.45) is 3.54. The van der Waals surface area contributed by atoms with Gasteiger partial charge in [-0.25, -0.2) is 0 Å². The Kier molecular flexibility index (Phi) is 6.34. The highest BCUT2D eigenvalue weighted by atomic mass is 32.1. The van der Waals surface area contributed by atoms with E-state index in [-0.39, 0.29) is 5.92 Å². The highest BCUT2D eigenvalue weighted by Gasteiger charge is 2.11. The Morgan fingerprint density at radius 3 is 3.00 bits per heavy atom. The normalized spacial score (nSPS) is 12.6. The maximum absolute atomic E-state index is 11.7. The van der Waals surface area contributed by atoms with E-state index in [1.807, 2.05) is 6.92 Å². The number of ether oxygens (including phenoxy) is 1. The maximum Gasteiger partial charge on any atom is 0.135 e. The van der Waals surface area contributed by atoms with Crippen LogP contribution in [0.5, 0.6) is 0 Å². The Morgan fingerprint density at radius 1 is 1.56 bits per heavy atom. The van der Waals surface area contributed by atoms with Crippen molar-refractivity contribution in [2.45, 2.75) is 32.6 Å². The van der Waals surface area contributed by atoms with Gasteiger partial charge in [0.1, 0.15) is 5.78 Å². The molecule has 1 heterocycles. The van der Waals surface area contributed by atoms with Crippen LogP contribution in [-0.4, -0.2) is 19.5 Å². The predicted octanol–water partition coefficient (Wildman–Crippen LogP) is 3.31. The van der Waals surface area contributed by atoms with E-state index in [9.17, 15) is 4.79 Å². The summed E-state index contributed by atoms with van der Waals surface area (Å²) in [5.41, 5.74) is 0. The molecule has 0 aliphatic heterocycles. The van der Waals surface area contributed by atoms with Gasteiger partial charge in [0, 0.05) is 30.9 Å². The minimum atomic E-state index is 0.142. The molecule has 0 spiro atoms. The molecule has 1 aromatic rings. The van der Waals surface area contributed by atoms with E-state index in [4.69, 9.17) is 4.74 Å². The molecular weight excluding hydrogens is 220 g/mol. The van der Waals surface area contributed by atoms with E-state index in [1.165, 1.54) is 4.88 Å². The van der Waals surface area contributed by atoms with E-state index < -0.39 is 0 Å². The molecule has 0 saturated heterocycles. The standard InChI is InChI=1S/C13H20O2S/c1-11(8-9-15-2)13(14)7-3-5-12-6-4-10-16-12/h4,6,10-11H,3,5,7-9H2,1-2H3. The van der Waals surface area contributed by atoms with Gasteiger partial charge >= 0.3 is 0 Å². The van der Waals surface area contributed by atoms with Gasteiger partial charge in [0.25, 0.3) is 0 Å². The molecule has 16 heavy (non-hydrogen) atoms. The summed E-state index contributed by atoms with van der Waals surface area (Å²) in [4.78, 5) is 13.1. The number of carbonyl (C=O) groups is 1. The number of rotatable bonds is 8. The van der Waals surface area contributed by atoms with E-state index in [2.05, 4.69) is 17.5 Å². The lowest BCUT2D eigenvalue weighted by Crippen LogP contribution is -2.13. The Balaban J connectivity index is 2.14. The van der Waals surface area contributed by atoms with E-state index in [0.717, 1.165) is 19.3 Å². The number of hydrogen-bond acceptors (Lipinski definition) is 3. The lowest BCUT2D eigenvalue weighted by Gasteiger charge is -2.09. The molecule has 2 nitrogen and oxygen atoms in total. The molecule has 1 atom stereocenters. The molecule has 0 aliphatic carbocycles. The molecule has 0 aromatic carbocycles. The summed E-state index contributed by atoms with van der Waals surface area (Å²) < 4.78 is 4.98. The molecule has 0 bridgehead atoms. The van der Waals surface area contributed by atoms with Gasteiger partial charge in [-0.3, -0.25) is 4.79 Å². The number of thiophene rings is 1. The zero-order valence-corrected chi connectivity index (χ0v) is 10.9. The van der Waals surface area contributed by atoms with Crippen LogP contribution in [0.2, 0.25) is 0 Å². The monoisotopic (exact) mass is 240 g/mol. The summed E-state index contributed by atoms with van der Waals surface area (Å²) in [7, 11) is 1.67. The predicted molar refractivity (Wildman–Crippen MR) is 67.9 cm³/mol. The number of methoxy groups -OCH3 is 1. The van der Waals surface area contributed by atoms with Gasteiger partial charge in [-0.05, 0) is 30.7 Å². The number of ketones is 1. The highest BCUT2D eigenvalue weighted by Crippen LogP contribution is 2.14. The van der Waals surface area contributed by atoms with E-state index >= 15 is 0 Å². The van der Waals surface area contributed by atoms with Crippen LogP contribution in [0.1, 0.15) is 31.1 Å². The number of Topliss-reactive ketones (excluding diaryl/α,β-unsaturated/α-hetero) is 1. The third-order valence-corrected chi connectivity index (χ3v) is 3.67. The van der Waals surface area contributed by atoms with Gasteiger partial charge in [0.2, 0.25) is 0 Å². The second kappa shape index (κ2) is 7.58. The molecule has 1 rings (SSSR count). The second-order valence-corrected chi connectivity index (χ2v) is 5.11. The molecule has 0 saturated carbocycles. The van der Waals surface area contributed by atoms with Crippen LogP contribution in [0.4, 0.5) is 0 Å².